The van der Waals surface area contributed by atoms with Gasteiger partial charge in [0.1, 0.15) is 0 Å². The number of aliphatic carboxylic acids is 1. The number of nitrogens with zero attached hydrogens (tertiary/aromatic N) is 2. The Labute approximate surface area is 125 Å². The van der Waals surface area contributed by atoms with Crippen molar-refractivity contribution in [1.29, 1.82) is 0 Å². The summed E-state index contributed by atoms with van der Waals surface area (Å²) in [6, 6.07) is -0.312. The van der Waals surface area contributed by atoms with Crippen LogP contribution >= 0.6 is 0 Å². The standard InChI is InChI=1S/C14H26N2O5/c1-10-9-21-11(8-17)7-15(10)13(20)16(14(2,3)4)6-5-12(18)19/h10-11,17H,5-9H2,1-4H3,(H,18,19). The molecular weight excluding hydrogens is 276 g/mol. The van der Waals surface area contributed by atoms with Crippen LogP contribution in [0.1, 0.15) is 34.1 Å². The molecule has 1 rings (SSSR count). The van der Waals surface area contributed by atoms with Crippen LogP contribution in [0.4, 0.5) is 4.79 Å². The van der Waals surface area contributed by atoms with Gasteiger partial charge in [0.2, 0.25) is 0 Å². The van der Waals surface area contributed by atoms with Crippen LogP contribution in [0.2, 0.25) is 0 Å². The van der Waals surface area contributed by atoms with Crippen LogP contribution in [0.25, 0.3) is 0 Å². The van der Waals surface area contributed by atoms with Crippen molar-refractivity contribution in [3.63, 3.8) is 0 Å². The van der Waals surface area contributed by atoms with E-state index in [9.17, 15) is 14.7 Å². The maximum atomic E-state index is 12.8. The lowest BCUT2D eigenvalue weighted by Crippen LogP contribution is -2.59. The second kappa shape index (κ2) is 7.09. The lowest BCUT2D eigenvalue weighted by atomic mass is 10.1. The fraction of sp³-hybridized carbons (Fsp3) is 0.857. The Bertz CT molecular complexity index is 380. The summed E-state index contributed by atoms with van der Waals surface area (Å²) in [6.07, 6.45) is -0.475. The third kappa shape index (κ3) is 4.86. The molecule has 1 aliphatic heterocycles. The maximum Gasteiger partial charge on any atom is 0.320 e. The summed E-state index contributed by atoms with van der Waals surface area (Å²) in [5.41, 5.74) is -0.473. The van der Waals surface area contributed by atoms with Gasteiger partial charge in [0.15, 0.2) is 0 Å². The number of ether oxygens (including phenoxy) is 1. The first-order valence-electron chi connectivity index (χ1n) is 7.19. The van der Waals surface area contributed by atoms with Crippen molar-refractivity contribution in [3.05, 3.63) is 0 Å². The van der Waals surface area contributed by atoms with Gasteiger partial charge in [0, 0.05) is 12.1 Å². The highest BCUT2D eigenvalue weighted by Gasteiger charge is 2.36. The molecule has 1 fully saturated rings. The van der Waals surface area contributed by atoms with Crippen molar-refractivity contribution in [1.82, 2.24) is 9.80 Å². The number of amides is 2. The number of aliphatic hydroxyl groups is 1. The number of carbonyl (C=O) groups is 2. The molecule has 1 aliphatic rings. The van der Waals surface area contributed by atoms with Crippen molar-refractivity contribution in [2.75, 3.05) is 26.3 Å². The predicted octanol–water partition coefficient (Wildman–Crippen LogP) is 0.763. The Morgan fingerprint density at radius 3 is 2.48 bits per heavy atom. The van der Waals surface area contributed by atoms with E-state index < -0.39 is 11.5 Å². The number of hydrogen-bond donors (Lipinski definition) is 2. The molecule has 0 aliphatic carbocycles. The number of carbonyl (C=O) groups excluding carboxylic acids is 1. The maximum absolute atomic E-state index is 12.8. The SMILES string of the molecule is CC1COC(CO)CN1C(=O)N(CCC(=O)O)C(C)(C)C. The average molecular weight is 302 g/mol. The minimum Gasteiger partial charge on any atom is -0.481 e. The third-order valence-electron chi connectivity index (χ3n) is 3.54. The molecule has 1 saturated heterocycles. The van der Waals surface area contributed by atoms with E-state index in [-0.39, 0.29) is 37.7 Å². The number of urea groups is 1. The molecule has 7 nitrogen and oxygen atoms in total. The Kier molecular flexibility index (Phi) is 5.98. The molecule has 0 radical (unpaired) electrons. The Hall–Kier alpha value is -1.34. The van der Waals surface area contributed by atoms with E-state index in [4.69, 9.17) is 9.84 Å². The fourth-order valence-corrected chi connectivity index (χ4v) is 2.27. The molecule has 2 unspecified atom stereocenters. The Morgan fingerprint density at radius 1 is 1.38 bits per heavy atom. The highest BCUT2D eigenvalue weighted by atomic mass is 16.5. The molecule has 1 heterocycles. The van der Waals surface area contributed by atoms with Crippen LogP contribution in [-0.2, 0) is 9.53 Å². The van der Waals surface area contributed by atoms with Crippen LogP contribution < -0.4 is 0 Å². The summed E-state index contributed by atoms with van der Waals surface area (Å²) < 4.78 is 5.43. The normalized spacial score (nSPS) is 23.0. The van der Waals surface area contributed by atoms with E-state index in [0.29, 0.717) is 13.2 Å². The number of carboxylic acid groups (broad SMARTS) is 1. The van der Waals surface area contributed by atoms with Gasteiger partial charge in [-0.2, -0.15) is 0 Å². The number of carboxylic acids is 1. The Morgan fingerprint density at radius 2 is 2.00 bits per heavy atom. The first kappa shape index (κ1) is 17.7. The van der Waals surface area contributed by atoms with E-state index in [0.717, 1.165) is 0 Å². The van der Waals surface area contributed by atoms with Gasteiger partial charge in [-0.1, -0.05) is 0 Å². The first-order chi connectivity index (χ1) is 9.66. The van der Waals surface area contributed by atoms with Gasteiger partial charge < -0.3 is 24.7 Å². The van der Waals surface area contributed by atoms with E-state index in [1.54, 1.807) is 9.80 Å². The zero-order chi connectivity index (χ0) is 16.2. The molecule has 0 bridgehead atoms. The number of morpholine rings is 1. The van der Waals surface area contributed by atoms with Gasteiger partial charge in [-0.25, -0.2) is 4.79 Å². The minimum atomic E-state index is -0.930. The first-order valence-corrected chi connectivity index (χ1v) is 7.19. The van der Waals surface area contributed by atoms with Gasteiger partial charge in [-0.15, -0.1) is 0 Å². The van der Waals surface area contributed by atoms with Gasteiger partial charge in [-0.3, -0.25) is 4.79 Å². The van der Waals surface area contributed by atoms with Gasteiger partial charge in [0.05, 0.1) is 38.3 Å². The van der Waals surface area contributed by atoms with Crippen molar-refractivity contribution in [2.45, 2.75) is 51.8 Å². The van der Waals surface area contributed by atoms with Crippen molar-refractivity contribution < 1.29 is 24.5 Å². The third-order valence-corrected chi connectivity index (χ3v) is 3.54. The predicted molar refractivity (Wildman–Crippen MR) is 77.1 cm³/mol. The van der Waals surface area contributed by atoms with Crippen molar-refractivity contribution in [2.24, 2.45) is 0 Å². The van der Waals surface area contributed by atoms with Gasteiger partial charge in [0.25, 0.3) is 0 Å². The van der Waals surface area contributed by atoms with E-state index in [1.807, 2.05) is 27.7 Å². The van der Waals surface area contributed by atoms with Crippen LogP contribution in [0.15, 0.2) is 0 Å². The lowest BCUT2D eigenvalue weighted by molar-refractivity contribution is -0.137. The molecule has 0 spiro atoms. The Balaban J connectivity index is 2.85. The van der Waals surface area contributed by atoms with E-state index in [1.165, 1.54) is 0 Å². The number of aliphatic hydroxyl groups excluding tert-OH is 1. The summed E-state index contributed by atoms with van der Waals surface area (Å²) in [5.74, 6) is -0.930. The number of rotatable bonds is 4. The molecule has 2 atom stereocenters. The molecule has 21 heavy (non-hydrogen) atoms. The monoisotopic (exact) mass is 302 g/mol. The highest BCUT2D eigenvalue weighted by molar-refractivity contribution is 5.76. The van der Waals surface area contributed by atoms with Crippen molar-refractivity contribution >= 4 is 12.0 Å². The summed E-state index contributed by atoms with van der Waals surface area (Å²) in [4.78, 5) is 26.8. The minimum absolute atomic E-state index is 0.0921. The zero-order valence-electron chi connectivity index (χ0n) is 13.2. The fourth-order valence-electron chi connectivity index (χ4n) is 2.27. The van der Waals surface area contributed by atoms with E-state index >= 15 is 0 Å². The van der Waals surface area contributed by atoms with E-state index in [2.05, 4.69) is 0 Å². The second-order valence-electron chi connectivity index (χ2n) is 6.39. The molecule has 0 aromatic carbocycles. The summed E-state index contributed by atoms with van der Waals surface area (Å²) in [7, 11) is 0. The molecule has 2 amide bonds. The summed E-state index contributed by atoms with van der Waals surface area (Å²) >= 11 is 0. The lowest BCUT2D eigenvalue weighted by Gasteiger charge is -2.44. The average Bonchev–Trinajstić information content (AvgIpc) is 2.37. The van der Waals surface area contributed by atoms with Crippen LogP contribution in [-0.4, -0.2) is 76.0 Å². The van der Waals surface area contributed by atoms with Crippen LogP contribution in [0, 0.1) is 0 Å². The molecule has 7 heteroatoms. The smallest absolute Gasteiger partial charge is 0.320 e. The van der Waals surface area contributed by atoms with Crippen LogP contribution in [0.3, 0.4) is 0 Å². The molecule has 122 valence electrons. The highest BCUT2D eigenvalue weighted by Crippen LogP contribution is 2.20. The zero-order valence-corrected chi connectivity index (χ0v) is 13.2. The molecule has 0 aromatic rings. The molecule has 0 saturated carbocycles. The second-order valence-corrected chi connectivity index (χ2v) is 6.39. The molecule has 0 aromatic heterocycles. The van der Waals surface area contributed by atoms with Crippen LogP contribution in [0.5, 0.6) is 0 Å². The quantitative estimate of drug-likeness (QED) is 0.800. The molecular formula is C14H26N2O5. The summed E-state index contributed by atoms with van der Waals surface area (Å²) in [5, 5.41) is 18.0. The molecule has 2 N–H and O–H groups in total. The summed E-state index contributed by atoms with van der Waals surface area (Å²) in [6.45, 7) is 8.21. The van der Waals surface area contributed by atoms with Gasteiger partial charge >= 0.3 is 12.0 Å². The number of hydrogen-bond acceptors (Lipinski definition) is 4. The topological polar surface area (TPSA) is 90.3 Å². The van der Waals surface area contributed by atoms with Gasteiger partial charge in [-0.05, 0) is 27.7 Å². The largest absolute Gasteiger partial charge is 0.481 e. The van der Waals surface area contributed by atoms with Crippen molar-refractivity contribution in [3.8, 4) is 0 Å².